The molecular weight excluding hydrogens is 204 g/mol. The van der Waals surface area contributed by atoms with E-state index in [1.54, 1.807) is 4.90 Å². The predicted molar refractivity (Wildman–Crippen MR) is 62.2 cm³/mol. The standard InChI is InChI=1S/C12H16N2O2/c1-14-8-10(13-11(14)12(15)16)7-9-5-3-2-4-6-9/h2-6,10,12,15-16H,7-8H2,1H3/t10-/m0/s1. The zero-order chi connectivity index (χ0) is 11.5. The number of amidine groups is 1. The van der Waals surface area contributed by atoms with Crippen molar-refractivity contribution >= 4 is 5.84 Å². The van der Waals surface area contributed by atoms with Gasteiger partial charge in [-0.15, -0.1) is 0 Å². The van der Waals surface area contributed by atoms with E-state index in [-0.39, 0.29) is 6.04 Å². The van der Waals surface area contributed by atoms with Gasteiger partial charge in [0.2, 0.25) is 6.29 Å². The first-order valence-corrected chi connectivity index (χ1v) is 5.35. The van der Waals surface area contributed by atoms with E-state index in [1.165, 1.54) is 5.56 Å². The summed E-state index contributed by atoms with van der Waals surface area (Å²) < 4.78 is 0. The highest BCUT2D eigenvalue weighted by Gasteiger charge is 2.25. The van der Waals surface area contributed by atoms with Crippen molar-refractivity contribution < 1.29 is 10.2 Å². The second-order valence-corrected chi connectivity index (χ2v) is 4.09. The fourth-order valence-electron chi connectivity index (χ4n) is 2.00. The predicted octanol–water partition coefficient (Wildman–Crippen LogP) is 0.252. The number of aliphatic hydroxyl groups excluding tert-OH is 1. The van der Waals surface area contributed by atoms with Crippen molar-refractivity contribution in [2.24, 2.45) is 4.99 Å². The average Bonchev–Trinajstić information content (AvgIpc) is 2.61. The summed E-state index contributed by atoms with van der Waals surface area (Å²) in [7, 11) is 1.82. The Morgan fingerprint density at radius 3 is 2.62 bits per heavy atom. The van der Waals surface area contributed by atoms with Gasteiger partial charge in [-0.25, -0.2) is 0 Å². The highest BCUT2D eigenvalue weighted by atomic mass is 16.5. The Morgan fingerprint density at radius 2 is 2.06 bits per heavy atom. The molecule has 1 aliphatic rings. The number of hydrogen-bond donors (Lipinski definition) is 2. The largest absolute Gasteiger partial charge is 0.362 e. The van der Waals surface area contributed by atoms with Crippen LogP contribution in [0.5, 0.6) is 0 Å². The average molecular weight is 220 g/mol. The minimum Gasteiger partial charge on any atom is -0.362 e. The van der Waals surface area contributed by atoms with Gasteiger partial charge in [0.05, 0.1) is 6.04 Å². The van der Waals surface area contributed by atoms with Crippen molar-refractivity contribution in [3.05, 3.63) is 35.9 Å². The molecule has 0 aliphatic carbocycles. The van der Waals surface area contributed by atoms with Crippen LogP contribution in [-0.4, -0.2) is 46.9 Å². The Morgan fingerprint density at radius 1 is 1.38 bits per heavy atom. The van der Waals surface area contributed by atoms with Crippen molar-refractivity contribution in [2.75, 3.05) is 13.6 Å². The third-order valence-corrected chi connectivity index (χ3v) is 2.74. The van der Waals surface area contributed by atoms with Crippen LogP contribution in [0.1, 0.15) is 5.56 Å². The molecule has 1 heterocycles. The molecule has 1 aromatic carbocycles. The Balaban J connectivity index is 2.04. The Labute approximate surface area is 94.9 Å². The zero-order valence-corrected chi connectivity index (χ0v) is 9.24. The van der Waals surface area contributed by atoms with Gasteiger partial charge in [0.25, 0.3) is 0 Å². The maximum absolute atomic E-state index is 9.09. The molecule has 0 spiro atoms. The van der Waals surface area contributed by atoms with Crippen LogP contribution in [0.4, 0.5) is 0 Å². The molecule has 0 saturated carbocycles. The lowest BCUT2D eigenvalue weighted by molar-refractivity contribution is 0.0123. The minimum atomic E-state index is -1.47. The first-order valence-electron chi connectivity index (χ1n) is 5.35. The van der Waals surface area contributed by atoms with Crippen LogP contribution >= 0.6 is 0 Å². The van der Waals surface area contributed by atoms with Crippen molar-refractivity contribution in [3.8, 4) is 0 Å². The molecule has 1 atom stereocenters. The summed E-state index contributed by atoms with van der Waals surface area (Å²) in [4.78, 5) is 6.10. The van der Waals surface area contributed by atoms with Crippen LogP contribution in [0.3, 0.4) is 0 Å². The second kappa shape index (κ2) is 4.63. The molecule has 4 nitrogen and oxygen atoms in total. The summed E-state index contributed by atoms with van der Waals surface area (Å²) in [5.41, 5.74) is 1.22. The molecule has 0 radical (unpaired) electrons. The van der Waals surface area contributed by atoms with Crippen molar-refractivity contribution in [2.45, 2.75) is 18.8 Å². The van der Waals surface area contributed by atoms with E-state index in [0.29, 0.717) is 5.84 Å². The van der Waals surface area contributed by atoms with Crippen molar-refractivity contribution in [1.29, 1.82) is 0 Å². The van der Waals surface area contributed by atoms with E-state index in [0.717, 1.165) is 13.0 Å². The van der Waals surface area contributed by atoms with Gasteiger partial charge in [-0.1, -0.05) is 30.3 Å². The highest BCUT2D eigenvalue weighted by Crippen LogP contribution is 2.14. The van der Waals surface area contributed by atoms with E-state index >= 15 is 0 Å². The van der Waals surface area contributed by atoms with Crippen molar-refractivity contribution in [1.82, 2.24) is 4.90 Å². The molecule has 2 N–H and O–H groups in total. The maximum Gasteiger partial charge on any atom is 0.211 e. The topological polar surface area (TPSA) is 56.1 Å². The van der Waals surface area contributed by atoms with Gasteiger partial charge in [0, 0.05) is 13.6 Å². The summed E-state index contributed by atoms with van der Waals surface area (Å²) in [6, 6.07) is 10.2. The molecule has 0 bridgehead atoms. The highest BCUT2D eigenvalue weighted by molar-refractivity contribution is 5.86. The molecule has 16 heavy (non-hydrogen) atoms. The number of rotatable bonds is 3. The number of aliphatic imine (C=N–C) groups is 1. The molecule has 4 heteroatoms. The molecule has 0 amide bonds. The molecule has 0 aromatic heterocycles. The van der Waals surface area contributed by atoms with Crippen LogP contribution in [0, 0.1) is 0 Å². The van der Waals surface area contributed by atoms with E-state index in [9.17, 15) is 0 Å². The van der Waals surface area contributed by atoms with Gasteiger partial charge >= 0.3 is 0 Å². The zero-order valence-electron chi connectivity index (χ0n) is 9.24. The van der Waals surface area contributed by atoms with Gasteiger partial charge in [0.1, 0.15) is 0 Å². The van der Waals surface area contributed by atoms with Crippen LogP contribution < -0.4 is 0 Å². The monoisotopic (exact) mass is 220 g/mol. The summed E-state index contributed by atoms with van der Waals surface area (Å²) >= 11 is 0. The van der Waals surface area contributed by atoms with Crippen molar-refractivity contribution in [3.63, 3.8) is 0 Å². The fourth-order valence-corrected chi connectivity index (χ4v) is 2.00. The minimum absolute atomic E-state index is 0.115. The van der Waals surface area contributed by atoms with Crippen LogP contribution in [0.2, 0.25) is 0 Å². The molecule has 86 valence electrons. The first kappa shape index (κ1) is 11.1. The Bertz CT molecular complexity index is 376. The summed E-state index contributed by atoms with van der Waals surface area (Å²) in [6.45, 7) is 0.738. The van der Waals surface area contributed by atoms with E-state index < -0.39 is 6.29 Å². The van der Waals surface area contributed by atoms with Gasteiger partial charge < -0.3 is 15.1 Å². The SMILES string of the molecule is CN1C[C@H](Cc2ccccc2)N=C1C(O)O. The van der Waals surface area contributed by atoms with E-state index in [2.05, 4.69) is 17.1 Å². The number of aliphatic hydroxyl groups is 2. The third kappa shape index (κ3) is 2.40. The van der Waals surface area contributed by atoms with Crippen LogP contribution in [0.25, 0.3) is 0 Å². The summed E-state index contributed by atoms with van der Waals surface area (Å²) in [5.74, 6) is 0.362. The van der Waals surface area contributed by atoms with Gasteiger partial charge in [-0.2, -0.15) is 0 Å². The smallest absolute Gasteiger partial charge is 0.211 e. The quantitative estimate of drug-likeness (QED) is 0.718. The van der Waals surface area contributed by atoms with Crippen LogP contribution in [-0.2, 0) is 6.42 Å². The number of nitrogens with zero attached hydrogens (tertiary/aromatic N) is 2. The molecule has 0 saturated heterocycles. The van der Waals surface area contributed by atoms with Gasteiger partial charge in [0.15, 0.2) is 5.84 Å². The first-order chi connectivity index (χ1) is 7.66. The van der Waals surface area contributed by atoms with Crippen LogP contribution in [0.15, 0.2) is 35.3 Å². The lowest BCUT2D eigenvalue weighted by Crippen LogP contribution is -2.33. The normalized spacial score (nSPS) is 20.4. The molecule has 1 aliphatic heterocycles. The van der Waals surface area contributed by atoms with E-state index in [1.807, 2.05) is 25.2 Å². The molecular formula is C12H16N2O2. The summed E-state index contributed by atoms with van der Waals surface area (Å²) in [5, 5.41) is 18.2. The summed E-state index contributed by atoms with van der Waals surface area (Å²) in [6.07, 6.45) is -0.632. The van der Waals surface area contributed by atoms with Gasteiger partial charge in [-0.3, -0.25) is 4.99 Å². The Hall–Kier alpha value is -1.39. The number of benzene rings is 1. The second-order valence-electron chi connectivity index (χ2n) is 4.09. The van der Waals surface area contributed by atoms with Gasteiger partial charge in [-0.05, 0) is 12.0 Å². The fraction of sp³-hybridized carbons (Fsp3) is 0.417. The molecule has 0 fully saturated rings. The Kier molecular flexibility index (Phi) is 3.22. The molecule has 2 rings (SSSR count). The van der Waals surface area contributed by atoms with E-state index in [4.69, 9.17) is 10.2 Å². The maximum atomic E-state index is 9.09. The number of likely N-dealkylation sites (N-methyl/N-ethyl adjacent to an activating group) is 1. The third-order valence-electron chi connectivity index (χ3n) is 2.74. The lowest BCUT2D eigenvalue weighted by atomic mass is 10.1. The lowest BCUT2D eigenvalue weighted by Gasteiger charge is -2.15. The molecule has 0 unspecified atom stereocenters. The number of hydrogen-bond acceptors (Lipinski definition) is 4. The molecule has 1 aromatic rings.